The lowest BCUT2D eigenvalue weighted by molar-refractivity contribution is -0.141. The van der Waals surface area contributed by atoms with E-state index in [-0.39, 0.29) is 18.1 Å². The van der Waals surface area contributed by atoms with E-state index < -0.39 is 23.3 Å². The average Bonchev–Trinajstić information content (AvgIpc) is 2.36. The van der Waals surface area contributed by atoms with Crippen LogP contribution in [0.25, 0.3) is 0 Å². The first-order valence-corrected chi connectivity index (χ1v) is 6.46. The van der Waals surface area contributed by atoms with E-state index in [1.165, 1.54) is 4.90 Å². The van der Waals surface area contributed by atoms with Gasteiger partial charge >= 0.3 is 0 Å². The summed E-state index contributed by atoms with van der Waals surface area (Å²) in [7, 11) is 1.55. The zero-order valence-corrected chi connectivity index (χ0v) is 12.5. The Bertz CT molecular complexity index is 483. The van der Waals surface area contributed by atoms with Gasteiger partial charge in [0.2, 0.25) is 5.91 Å². The second kappa shape index (κ2) is 6.31. The van der Waals surface area contributed by atoms with Gasteiger partial charge in [-0.1, -0.05) is 0 Å². The molecule has 0 saturated carbocycles. The second-order valence-electron chi connectivity index (χ2n) is 5.75. The highest BCUT2D eigenvalue weighted by Gasteiger charge is 2.22. The molecule has 0 heterocycles. The maximum Gasteiger partial charge on any atom is 0.248 e. The van der Waals surface area contributed by atoms with Crippen LogP contribution in [-0.2, 0) is 9.53 Å². The number of ether oxygens (including phenoxy) is 1. The molecule has 20 heavy (non-hydrogen) atoms. The fraction of sp³-hybridized carbons (Fsp3) is 0.533. The lowest BCUT2D eigenvalue weighted by Crippen LogP contribution is -2.35. The number of hydrogen-bond acceptors (Lipinski definition) is 2. The predicted octanol–water partition coefficient (Wildman–Crippen LogP) is 3.30. The molecule has 1 aromatic carbocycles. The molecule has 0 bridgehead atoms. The number of benzene rings is 1. The number of amides is 1. The van der Waals surface area contributed by atoms with Crippen molar-refractivity contribution in [2.75, 3.05) is 13.7 Å². The van der Waals surface area contributed by atoms with Crippen molar-refractivity contribution in [3.05, 3.63) is 35.4 Å². The minimum atomic E-state index is -0.568. The van der Waals surface area contributed by atoms with E-state index in [9.17, 15) is 13.6 Å². The van der Waals surface area contributed by atoms with E-state index in [1.807, 2.05) is 20.8 Å². The van der Waals surface area contributed by atoms with Gasteiger partial charge in [-0.2, -0.15) is 0 Å². The first-order chi connectivity index (χ1) is 9.11. The van der Waals surface area contributed by atoms with Crippen molar-refractivity contribution < 1.29 is 18.3 Å². The Morgan fingerprint density at radius 1 is 1.35 bits per heavy atom. The Kier molecular flexibility index (Phi) is 5.22. The van der Waals surface area contributed by atoms with Gasteiger partial charge in [-0.25, -0.2) is 8.78 Å². The largest absolute Gasteiger partial charge is 0.366 e. The summed E-state index contributed by atoms with van der Waals surface area (Å²) in [4.78, 5) is 13.3. The standard InChI is InChI=1S/C15H21F2NO2/c1-10(12-8-11(16)6-7-13(12)17)18(5)14(19)9-20-15(2,3)4/h6-8,10H,9H2,1-5H3. The highest BCUT2D eigenvalue weighted by atomic mass is 19.1. The lowest BCUT2D eigenvalue weighted by Gasteiger charge is -2.27. The number of nitrogens with zero attached hydrogens (tertiary/aromatic N) is 1. The maximum absolute atomic E-state index is 13.7. The molecule has 0 aliphatic carbocycles. The van der Waals surface area contributed by atoms with Crippen LogP contribution in [0.15, 0.2) is 18.2 Å². The Morgan fingerprint density at radius 2 is 1.95 bits per heavy atom. The van der Waals surface area contributed by atoms with Crippen molar-refractivity contribution in [3.63, 3.8) is 0 Å². The fourth-order valence-electron chi connectivity index (χ4n) is 1.64. The molecule has 0 aromatic heterocycles. The number of likely N-dealkylation sites (N-methyl/N-ethyl adjacent to an activating group) is 1. The number of carbonyl (C=O) groups is 1. The molecule has 1 unspecified atom stereocenters. The molecule has 5 heteroatoms. The van der Waals surface area contributed by atoms with E-state index in [0.717, 1.165) is 18.2 Å². The van der Waals surface area contributed by atoms with E-state index in [2.05, 4.69) is 0 Å². The molecule has 0 radical (unpaired) electrons. The highest BCUT2D eigenvalue weighted by Crippen LogP contribution is 2.23. The summed E-state index contributed by atoms with van der Waals surface area (Å²) in [5, 5.41) is 0. The third-order valence-corrected chi connectivity index (χ3v) is 3.01. The van der Waals surface area contributed by atoms with Gasteiger partial charge in [-0.3, -0.25) is 4.79 Å². The van der Waals surface area contributed by atoms with E-state index in [4.69, 9.17) is 4.74 Å². The summed E-state index contributed by atoms with van der Waals surface area (Å²) in [6.45, 7) is 7.08. The zero-order valence-electron chi connectivity index (χ0n) is 12.5. The number of hydrogen-bond donors (Lipinski definition) is 0. The van der Waals surface area contributed by atoms with Gasteiger partial charge in [-0.05, 0) is 45.9 Å². The molecule has 1 amide bonds. The van der Waals surface area contributed by atoms with E-state index in [0.29, 0.717) is 0 Å². The van der Waals surface area contributed by atoms with Gasteiger partial charge in [0, 0.05) is 12.6 Å². The Balaban J connectivity index is 2.78. The number of rotatable bonds is 4. The van der Waals surface area contributed by atoms with Gasteiger partial charge in [0.05, 0.1) is 11.6 Å². The molecule has 0 fully saturated rings. The Hall–Kier alpha value is -1.49. The molecule has 3 nitrogen and oxygen atoms in total. The third kappa shape index (κ3) is 4.56. The topological polar surface area (TPSA) is 29.5 Å². The molecule has 112 valence electrons. The zero-order chi connectivity index (χ0) is 15.5. The van der Waals surface area contributed by atoms with Crippen LogP contribution in [0.5, 0.6) is 0 Å². The first kappa shape index (κ1) is 16.6. The molecule has 0 aliphatic heterocycles. The minimum absolute atomic E-state index is 0.0960. The van der Waals surface area contributed by atoms with Crippen molar-refractivity contribution in [1.29, 1.82) is 0 Å². The molecule has 1 rings (SSSR count). The van der Waals surface area contributed by atoms with Crippen LogP contribution >= 0.6 is 0 Å². The van der Waals surface area contributed by atoms with Crippen molar-refractivity contribution in [2.45, 2.75) is 39.3 Å². The Morgan fingerprint density at radius 3 is 2.50 bits per heavy atom. The summed E-state index contributed by atoms with van der Waals surface area (Å²) < 4.78 is 32.3. The summed E-state index contributed by atoms with van der Waals surface area (Å²) >= 11 is 0. The van der Waals surface area contributed by atoms with Gasteiger partial charge in [0.15, 0.2) is 0 Å². The fourth-order valence-corrected chi connectivity index (χ4v) is 1.64. The van der Waals surface area contributed by atoms with E-state index in [1.54, 1.807) is 14.0 Å². The van der Waals surface area contributed by atoms with Crippen LogP contribution in [0, 0.1) is 11.6 Å². The summed E-state index contributed by atoms with van der Waals surface area (Å²) in [6.07, 6.45) is 0. The van der Waals surface area contributed by atoms with Crippen molar-refractivity contribution in [1.82, 2.24) is 4.90 Å². The van der Waals surface area contributed by atoms with Crippen molar-refractivity contribution >= 4 is 5.91 Å². The highest BCUT2D eigenvalue weighted by molar-refractivity contribution is 5.77. The van der Waals surface area contributed by atoms with Crippen LogP contribution in [0.3, 0.4) is 0 Å². The summed E-state index contributed by atoms with van der Waals surface area (Å²) in [6, 6.07) is 2.65. The maximum atomic E-state index is 13.7. The quantitative estimate of drug-likeness (QED) is 0.849. The molecule has 1 atom stereocenters. The first-order valence-electron chi connectivity index (χ1n) is 6.46. The molecular weight excluding hydrogens is 264 g/mol. The smallest absolute Gasteiger partial charge is 0.248 e. The summed E-state index contributed by atoms with van der Waals surface area (Å²) in [5.74, 6) is -1.34. The van der Waals surface area contributed by atoms with Gasteiger partial charge in [-0.15, -0.1) is 0 Å². The normalized spacial score (nSPS) is 13.2. The number of halogens is 2. The van der Waals surface area contributed by atoms with Crippen molar-refractivity contribution in [2.24, 2.45) is 0 Å². The SMILES string of the molecule is CC(c1cc(F)ccc1F)N(C)C(=O)COC(C)(C)C. The van der Waals surface area contributed by atoms with Crippen molar-refractivity contribution in [3.8, 4) is 0 Å². The molecule has 0 spiro atoms. The van der Waals surface area contributed by atoms with Gasteiger partial charge in [0.1, 0.15) is 18.2 Å². The average molecular weight is 285 g/mol. The molecular formula is C15H21F2NO2. The van der Waals surface area contributed by atoms with Crippen LogP contribution in [-0.4, -0.2) is 30.1 Å². The van der Waals surface area contributed by atoms with Gasteiger partial charge < -0.3 is 9.64 Å². The lowest BCUT2D eigenvalue weighted by atomic mass is 10.1. The monoisotopic (exact) mass is 285 g/mol. The predicted molar refractivity (Wildman–Crippen MR) is 73.2 cm³/mol. The van der Waals surface area contributed by atoms with Crippen LogP contribution in [0.2, 0.25) is 0 Å². The number of carbonyl (C=O) groups excluding carboxylic acids is 1. The second-order valence-corrected chi connectivity index (χ2v) is 5.75. The molecule has 0 aliphatic rings. The Labute approximate surface area is 118 Å². The van der Waals surface area contributed by atoms with Crippen LogP contribution < -0.4 is 0 Å². The minimum Gasteiger partial charge on any atom is -0.366 e. The third-order valence-electron chi connectivity index (χ3n) is 3.01. The van der Waals surface area contributed by atoms with E-state index >= 15 is 0 Å². The van der Waals surface area contributed by atoms with Crippen LogP contribution in [0.4, 0.5) is 8.78 Å². The van der Waals surface area contributed by atoms with Crippen LogP contribution in [0.1, 0.15) is 39.3 Å². The molecule has 0 saturated heterocycles. The molecule has 0 N–H and O–H groups in total. The summed E-state index contributed by atoms with van der Waals surface area (Å²) in [5.41, 5.74) is -0.277. The van der Waals surface area contributed by atoms with Gasteiger partial charge in [0.25, 0.3) is 0 Å². The molecule has 1 aromatic rings.